The van der Waals surface area contributed by atoms with Crippen LogP contribution in [0.3, 0.4) is 0 Å². The van der Waals surface area contributed by atoms with Crippen LogP contribution in [-0.2, 0) is 6.42 Å². The van der Waals surface area contributed by atoms with Gasteiger partial charge in [0.1, 0.15) is 11.4 Å². The van der Waals surface area contributed by atoms with Crippen molar-refractivity contribution in [1.29, 1.82) is 0 Å². The van der Waals surface area contributed by atoms with E-state index in [1.807, 2.05) is 37.3 Å². The summed E-state index contributed by atoms with van der Waals surface area (Å²) in [5.41, 5.74) is 3.36. The second-order valence-electron chi connectivity index (χ2n) is 5.97. The Morgan fingerprint density at radius 2 is 2.26 bits per heavy atom. The number of aliphatic hydroxyl groups excluding tert-OH is 1. The molecule has 1 aliphatic heterocycles. The number of carbonyl (C=O) groups is 1. The van der Waals surface area contributed by atoms with Crippen LogP contribution in [0.1, 0.15) is 52.5 Å². The van der Waals surface area contributed by atoms with Crippen LogP contribution in [0, 0.1) is 6.92 Å². The quantitative estimate of drug-likeness (QED) is 0.860. The normalized spacial score (nSPS) is 14.7. The number of hydrogen-bond acceptors (Lipinski definition) is 4. The smallest absolute Gasteiger partial charge is 0.181 e. The van der Waals surface area contributed by atoms with Crippen LogP contribution in [-0.4, -0.2) is 22.5 Å². The Labute approximate surface area is 136 Å². The second kappa shape index (κ2) is 6.92. The third-order valence-electron chi connectivity index (χ3n) is 4.24. The Hall–Kier alpha value is -2.20. The molecule has 4 nitrogen and oxygen atoms in total. The molecule has 1 aromatic carbocycles. The summed E-state index contributed by atoms with van der Waals surface area (Å²) in [6, 6.07) is 9.48. The third-order valence-corrected chi connectivity index (χ3v) is 4.24. The van der Waals surface area contributed by atoms with Crippen LogP contribution in [0.2, 0.25) is 0 Å². The van der Waals surface area contributed by atoms with E-state index >= 15 is 0 Å². The number of aryl methyl sites for hydroxylation is 2. The molecule has 0 spiro atoms. The molecule has 0 radical (unpaired) electrons. The van der Waals surface area contributed by atoms with Crippen molar-refractivity contribution in [1.82, 2.24) is 4.98 Å². The Morgan fingerprint density at radius 3 is 3.09 bits per heavy atom. The molecule has 4 heteroatoms. The van der Waals surface area contributed by atoms with Gasteiger partial charge in [0.15, 0.2) is 5.78 Å². The zero-order chi connectivity index (χ0) is 16.2. The van der Waals surface area contributed by atoms with Crippen molar-refractivity contribution in [2.75, 3.05) is 6.61 Å². The standard InChI is InChI=1S/C19H21NO3/c1-13-4-2-10-20-19(13)17(22)8-7-16(21)14-6-9-18-15(12-14)5-3-11-23-18/h2,4,6,9-10,12,16,21H,3,5,7-8,11H2,1H3. The number of benzene rings is 1. The fourth-order valence-electron chi connectivity index (χ4n) is 2.92. The molecule has 0 amide bonds. The molecule has 0 aliphatic carbocycles. The van der Waals surface area contributed by atoms with Crippen molar-refractivity contribution >= 4 is 5.78 Å². The van der Waals surface area contributed by atoms with Gasteiger partial charge in [0.2, 0.25) is 0 Å². The van der Waals surface area contributed by atoms with Crippen LogP contribution in [0.15, 0.2) is 36.5 Å². The Kier molecular flexibility index (Phi) is 4.72. The predicted molar refractivity (Wildman–Crippen MR) is 87.8 cm³/mol. The number of carbonyl (C=O) groups excluding carboxylic acids is 1. The molecular formula is C19H21NO3. The van der Waals surface area contributed by atoms with Gasteiger partial charge in [0.05, 0.1) is 12.7 Å². The zero-order valence-electron chi connectivity index (χ0n) is 13.3. The fraction of sp³-hybridized carbons (Fsp3) is 0.368. The van der Waals surface area contributed by atoms with E-state index in [4.69, 9.17) is 4.74 Å². The van der Waals surface area contributed by atoms with Crippen LogP contribution in [0.5, 0.6) is 5.75 Å². The SMILES string of the molecule is Cc1cccnc1C(=O)CCC(O)c1ccc2c(c1)CCCO2. The molecule has 0 saturated heterocycles. The van der Waals surface area contributed by atoms with Gasteiger partial charge in [-0.05, 0) is 61.1 Å². The first-order valence-electron chi connectivity index (χ1n) is 8.03. The van der Waals surface area contributed by atoms with Gasteiger partial charge in [0, 0.05) is 12.6 Å². The lowest BCUT2D eigenvalue weighted by Crippen LogP contribution is -2.10. The highest BCUT2D eigenvalue weighted by atomic mass is 16.5. The van der Waals surface area contributed by atoms with Gasteiger partial charge in [0.25, 0.3) is 0 Å². The average Bonchev–Trinajstić information content (AvgIpc) is 2.59. The summed E-state index contributed by atoms with van der Waals surface area (Å²) in [6.45, 7) is 2.63. The van der Waals surface area contributed by atoms with Crippen molar-refractivity contribution < 1.29 is 14.6 Å². The molecule has 1 aliphatic rings. The van der Waals surface area contributed by atoms with Gasteiger partial charge in [-0.1, -0.05) is 12.1 Å². The minimum absolute atomic E-state index is 0.0246. The second-order valence-corrected chi connectivity index (χ2v) is 5.97. The van der Waals surface area contributed by atoms with E-state index in [1.54, 1.807) is 6.20 Å². The molecule has 0 saturated carbocycles. The number of nitrogens with zero attached hydrogens (tertiary/aromatic N) is 1. The van der Waals surface area contributed by atoms with Crippen molar-refractivity contribution in [3.8, 4) is 5.75 Å². The van der Waals surface area contributed by atoms with E-state index < -0.39 is 6.10 Å². The van der Waals surface area contributed by atoms with E-state index in [0.717, 1.165) is 41.9 Å². The maximum Gasteiger partial charge on any atom is 0.181 e. The number of ketones is 1. The lowest BCUT2D eigenvalue weighted by Gasteiger charge is -2.19. The number of hydrogen-bond donors (Lipinski definition) is 1. The average molecular weight is 311 g/mol. The molecule has 3 rings (SSSR count). The Balaban J connectivity index is 1.64. The third kappa shape index (κ3) is 3.59. The minimum atomic E-state index is -0.643. The molecule has 0 bridgehead atoms. The molecule has 1 atom stereocenters. The monoisotopic (exact) mass is 311 g/mol. The van der Waals surface area contributed by atoms with Crippen LogP contribution >= 0.6 is 0 Å². The number of pyridine rings is 1. The molecule has 1 aromatic heterocycles. The highest BCUT2D eigenvalue weighted by Gasteiger charge is 2.17. The van der Waals surface area contributed by atoms with Gasteiger partial charge >= 0.3 is 0 Å². The van der Waals surface area contributed by atoms with Gasteiger partial charge in [-0.3, -0.25) is 9.78 Å². The van der Waals surface area contributed by atoms with Crippen molar-refractivity contribution in [3.05, 3.63) is 58.9 Å². The van der Waals surface area contributed by atoms with Crippen LogP contribution in [0.25, 0.3) is 0 Å². The molecule has 0 fully saturated rings. The van der Waals surface area contributed by atoms with Gasteiger partial charge in [-0.2, -0.15) is 0 Å². The first-order valence-corrected chi connectivity index (χ1v) is 8.03. The highest BCUT2D eigenvalue weighted by molar-refractivity contribution is 5.95. The van der Waals surface area contributed by atoms with Crippen LogP contribution < -0.4 is 4.74 Å². The van der Waals surface area contributed by atoms with E-state index in [0.29, 0.717) is 12.1 Å². The minimum Gasteiger partial charge on any atom is -0.493 e. The van der Waals surface area contributed by atoms with Gasteiger partial charge < -0.3 is 9.84 Å². The lowest BCUT2D eigenvalue weighted by atomic mass is 9.97. The topological polar surface area (TPSA) is 59.4 Å². The largest absolute Gasteiger partial charge is 0.493 e. The number of ether oxygens (including phenoxy) is 1. The van der Waals surface area contributed by atoms with E-state index in [1.165, 1.54) is 0 Å². The number of rotatable bonds is 5. The summed E-state index contributed by atoms with van der Waals surface area (Å²) in [5.74, 6) is 0.885. The first kappa shape index (κ1) is 15.7. The summed E-state index contributed by atoms with van der Waals surface area (Å²) in [7, 11) is 0. The Bertz CT molecular complexity index is 712. The molecular weight excluding hydrogens is 290 g/mol. The number of fused-ring (bicyclic) bond motifs is 1. The molecule has 2 aromatic rings. The van der Waals surface area contributed by atoms with Gasteiger partial charge in [-0.25, -0.2) is 0 Å². The van der Waals surface area contributed by atoms with E-state index in [-0.39, 0.29) is 12.2 Å². The summed E-state index contributed by atoms with van der Waals surface area (Å²) in [4.78, 5) is 16.4. The van der Waals surface area contributed by atoms with E-state index in [9.17, 15) is 9.90 Å². The molecule has 120 valence electrons. The predicted octanol–water partition coefficient (Wildman–Crippen LogP) is 3.41. The van der Waals surface area contributed by atoms with Gasteiger partial charge in [-0.15, -0.1) is 0 Å². The number of aliphatic hydroxyl groups is 1. The highest BCUT2D eigenvalue weighted by Crippen LogP contribution is 2.29. The maximum absolute atomic E-state index is 12.2. The zero-order valence-corrected chi connectivity index (χ0v) is 13.3. The fourth-order valence-corrected chi connectivity index (χ4v) is 2.92. The number of aromatic nitrogens is 1. The number of Topliss-reactive ketones (excluding diaryl/α,β-unsaturated/α-hetero) is 1. The van der Waals surface area contributed by atoms with Crippen molar-refractivity contribution in [3.63, 3.8) is 0 Å². The summed E-state index contributed by atoms with van der Waals surface area (Å²) in [6.07, 6.45) is 3.64. The summed E-state index contributed by atoms with van der Waals surface area (Å²) >= 11 is 0. The first-order chi connectivity index (χ1) is 11.1. The summed E-state index contributed by atoms with van der Waals surface area (Å²) < 4.78 is 5.58. The molecule has 2 heterocycles. The molecule has 23 heavy (non-hydrogen) atoms. The summed E-state index contributed by atoms with van der Waals surface area (Å²) in [5, 5.41) is 10.4. The maximum atomic E-state index is 12.2. The van der Waals surface area contributed by atoms with E-state index in [2.05, 4.69) is 4.98 Å². The Morgan fingerprint density at radius 1 is 1.39 bits per heavy atom. The van der Waals surface area contributed by atoms with Crippen molar-refractivity contribution in [2.45, 2.75) is 38.7 Å². The molecule has 1 unspecified atom stereocenters. The molecule has 1 N–H and O–H groups in total. The lowest BCUT2D eigenvalue weighted by molar-refractivity contribution is 0.0935. The van der Waals surface area contributed by atoms with Crippen LogP contribution in [0.4, 0.5) is 0 Å². The van der Waals surface area contributed by atoms with Crippen molar-refractivity contribution in [2.24, 2.45) is 0 Å².